The zero-order valence-corrected chi connectivity index (χ0v) is 24.8. The fourth-order valence-corrected chi connectivity index (χ4v) is 5.73. The largest absolute Gasteiger partial charge is 0.497 e. The number of carbonyl (C=O) groups is 2. The number of benzene rings is 3. The minimum atomic E-state index is -4.15. The number of halogens is 1. The van der Waals surface area contributed by atoms with E-state index in [0.717, 1.165) is 16.3 Å². The zero-order chi connectivity index (χ0) is 29.3. The third kappa shape index (κ3) is 7.76. The highest BCUT2D eigenvalue weighted by Gasteiger charge is 2.34. The average Bonchev–Trinajstić information content (AvgIpc) is 2.96. The van der Waals surface area contributed by atoms with Gasteiger partial charge in [0.2, 0.25) is 11.8 Å². The molecule has 0 bridgehead atoms. The van der Waals surface area contributed by atoms with Crippen molar-refractivity contribution in [2.24, 2.45) is 0 Å². The van der Waals surface area contributed by atoms with Crippen molar-refractivity contribution in [3.8, 4) is 5.75 Å². The van der Waals surface area contributed by atoms with Crippen LogP contribution in [0.2, 0.25) is 5.02 Å². The standard InChI is InChI=1S/C30H36ClN3O5S/c1-5-22(3)32-30(36)28(6-2)33(20-23-11-10-14-26(19-23)39-4)29(35)21-34(25-12-8-7-9-13-25)40(37,38)27-17-15-24(31)16-18-27/h7-19,22,28H,5-6,20-21H2,1-4H3,(H,32,36)/t22-,28+/m1/s1. The molecule has 0 saturated heterocycles. The molecule has 1 N–H and O–H groups in total. The smallest absolute Gasteiger partial charge is 0.264 e. The van der Waals surface area contributed by atoms with Gasteiger partial charge >= 0.3 is 0 Å². The summed E-state index contributed by atoms with van der Waals surface area (Å²) >= 11 is 5.99. The second-order valence-corrected chi connectivity index (χ2v) is 11.7. The fourth-order valence-electron chi connectivity index (χ4n) is 4.18. The van der Waals surface area contributed by atoms with Crippen molar-refractivity contribution in [2.45, 2.75) is 57.1 Å². The van der Waals surface area contributed by atoms with Crippen LogP contribution >= 0.6 is 11.6 Å². The van der Waals surface area contributed by atoms with Crippen molar-refractivity contribution >= 4 is 39.1 Å². The molecule has 3 aromatic carbocycles. The molecule has 0 unspecified atom stereocenters. The Labute approximate surface area is 241 Å². The summed E-state index contributed by atoms with van der Waals surface area (Å²) in [5, 5.41) is 3.36. The average molecular weight is 586 g/mol. The third-order valence-corrected chi connectivity index (χ3v) is 8.64. The van der Waals surface area contributed by atoms with Gasteiger partial charge in [-0.05, 0) is 73.9 Å². The number of carbonyl (C=O) groups excluding carboxylic acids is 2. The predicted molar refractivity (Wildman–Crippen MR) is 158 cm³/mol. The van der Waals surface area contributed by atoms with E-state index >= 15 is 0 Å². The lowest BCUT2D eigenvalue weighted by Crippen LogP contribution is -2.53. The molecule has 0 aliphatic carbocycles. The number of anilines is 1. The molecule has 3 aromatic rings. The summed E-state index contributed by atoms with van der Waals surface area (Å²) in [4.78, 5) is 28.8. The second-order valence-electron chi connectivity index (χ2n) is 9.42. The Bertz CT molecular complexity index is 1380. The van der Waals surface area contributed by atoms with Gasteiger partial charge in [-0.25, -0.2) is 8.42 Å². The molecule has 0 heterocycles. The molecule has 40 heavy (non-hydrogen) atoms. The monoisotopic (exact) mass is 585 g/mol. The van der Waals surface area contributed by atoms with Crippen molar-refractivity contribution < 1.29 is 22.7 Å². The zero-order valence-electron chi connectivity index (χ0n) is 23.2. The lowest BCUT2D eigenvalue weighted by Gasteiger charge is -2.33. The summed E-state index contributed by atoms with van der Waals surface area (Å²) in [7, 11) is -2.60. The number of amides is 2. The molecule has 3 rings (SSSR count). The summed E-state index contributed by atoms with van der Waals surface area (Å²) in [6, 6.07) is 20.5. The number of nitrogens with one attached hydrogen (secondary N) is 1. The molecule has 0 aromatic heterocycles. The van der Waals surface area contributed by atoms with Crippen LogP contribution in [0.1, 0.15) is 39.2 Å². The number of methoxy groups -OCH3 is 1. The van der Waals surface area contributed by atoms with Gasteiger partial charge in [0.05, 0.1) is 17.7 Å². The van der Waals surface area contributed by atoms with Crippen LogP contribution in [0.5, 0.6) is 5.75 Å². The highest BCUT2D eigenvalue weighted by atomic mass is 35.5. The molecular weight excluding hydrogens is 550 g/mol. The highest BCUT2D eigenvalue weighted by molar-refractivity contribution is 7.92. The summed E-state index contributed by atoms with van der Waals surface area (Å²) in [5.41, 5.74) is 1.07. The Balaban J connectivity index is 2.04. The molecule has 0 aliphatic heterocycles. The van der Waals surface area contributed by atoms with Gasteiger partial charge in [-0.15, -0.1) is 0 Å². The Morgan fingerprint density at radius 1 is 0.950 bits per heavy atom. The van der Waals surface area contributed by atoms with Gasteiger partial charge in [0.25, 0.3) is 10.0 Å². The second kappa shape index (κ2) is 14.2. The van der Waals surface area contributed by atoms with Crippen molar-refractivity contribution in [1.29, 1.82) is 0 Å². The van der Waals surface area contributed by atoms with E-state index in [1.807, 2.05) is 26.8 Å². The molecule has 8 nitrogen and oxygen atoms in total. The number of nitrogens with zero attached hydrogens (tertiary/aromatic N) is 2. The van der Waals surface area contributed by atoms with Crippen LogP contribution in [0.4, 0.5) is 5.69 Å². The Morgan fingerprint density at radius 2 is 1.62 bits per heavy atom. The SMILES string of the molecule is CC[C@@H](C)NC(=O)[C@H](CC)N(Cc1cccc(OC)c1)C(=O)CN(c1ccccc1)S(=O)(=O)c1ccc(Cl)cc1. The van der Waals surface area contributed by atoms with Gasteiger partial charge in [-0.3, -0.25) is 13.9 Å². The lowest BCUT2D eigenvalue weighted by atomic mass is 10.1. The number of rotatable bonds is 13. The number of para-hydroxylation sites is 1. The normalized spacial score (nSPS) is 12.7. The Hall–Kier alpha value is -3.56. The Kier molecular flexibility index (Phi) is 11.0. The van der Waals surface area contributed by atoms with Crippen LogP contribution in [0.3, 0.4) is 0 Å². The minimum absolute atomic E-state index is 0.00514. The number of ether oxygens (including phenoxy) is 1. The molecule has 0 fully saturated rings. The van der Waals surface area contributed by atoms with E-state index < -0.39 is 28.5 Å². The molecule has 10 heteroatoms. The highest BCUT2D eigenvalue weighted by Crippen LogP contribution is 2.26. The molecule has 2 amide bonds. The van der Waals surface area contributed by atoms with Crippen molar-refractivity contribution in [3.63, 3.8) is 0 Å². The van der Waals surface area contributed by atoms with Gasteiger partial charge < -0.3 is 15.0 Å². The summed E-state index contributed by atoms with van der Waals surface area (Å²) < 4.78 is 34.0. The number of sulfonamides is 1. The molecule has 0 saturated carbocycles. The maximum atomic E-state index is 14.1. The maximum absolute atomic E-state index is 14.1. The predicted octanol–water partition coefficient (Wildman–Crippen LogP) is 5.27. The van der Waals surface area contributed by atoms with Crippen molar-refractivity contribution in [1.82, 2.24) is 10.2 Å². The molecular formula is C30H36ClN3O5S. The molecule has 2 atom stereocenters. The van der Waals surface area contributed by atoms with Crippen LogP contribution in [-0.4, -0.2) is 50.9 Å². The van der Waals surface area contributed by atoms with Gasteiger partial charge in [0.1, 0.15) is 18.3 Å². The minimum Gasteiger partial charge on any atom is -0.497 e. The number of hydrogen-bond acceptors (Lipinski definition) is 5. The van der Waals surface area contributed by atoms with Crippen LogP contribution in [0.25, 0.3) is 0 Å². The third-order valence-electron chi connectivity index (χ3n) is 6.60. The van der Waals surface area contributed by atoms with Gasteiger partial charge in [-0.2, -0.15) is 0 Å². The fraction of sp³-hybridized carbons (Fsp3) is 0.333. The van der Waals surface area contributed by atoms with E-state index in [4.69, 9.17) is 16.3 Å². The first-order valence-corrected chi connectivity index (χ1v) is 15.0. The maximum Gasteiger partial charge on any atom is 0.264 e. The van der Waals surface area contributed by atoms with Crippen LogP contribution in [0, 0.1) is 0 Å². The van der Waals surface area contributed by atoms with E-state index in [2.05, 4.69) is 5.32 Å². The van der Waals surface area contributed by atoms with Crippen LogP contribution in [-0.2, 0) is 26.2 Å². The molecule has 214 valence electrons. The molecule has 0 aliphatic rings. The van der Waals surface area contributed by atoms with E-state index in [9.17, 15) is 18.0 Å². The van der Waals surface area contributed by atoms with Gasteiger partial charge in [0.15, 0.2) is 0 Å². The van der Waals surface area contributed by atoms with E-state index in [0.29, 0.717) is 22.9 Å². The lowest BCUT2D eigenvalue weighted by molar-refractivity contribution is -0.140. The van der Waals surface area contributed by atoms with Crippen molar-refractivity contribution in [3.05, 3.63) is 89.4 Å². The first kappa shape index (κ1) is 31.0. The van der Waals surface area contributed by atoms with E-state index in [-0.39, 0.29) is 23.4 Å². The first-order valence-electron chi connectivity index (χ1n) is 13.2. The van der Waals surface area contributed by atoms with E-state index in [1.54, 1.807) is 55.6 Å². The van der Waals surface area contributed by atoms with Crippen LogP contribution < -0.4 is 14.4 Å². The van der Waals surface area contributed by atoms with Crippen LogP contribution in [0.15, 0.2) is 83.8 Å². The quantitative estimate of drug-likeness (QED) is 0.295. The summed E-state index contributed by atoms with van der Waals surface area (Å²) in [6.07, 6.45) is 1.07. The van der Waals surface area contributed by atoms with E-state index in [1.165, 1.54) is 29.2 Å². The summed E-state index contributed by atoms with van der Waals surface area (Å²) in [5.74, 6) is -0.200. The number of hydrogen-bond donors (Lipinski definition) is 1. The molecule has 0 radical (unpaired) electrons. The topological polar surface area (TPSA) is 96.0 Å². The first-order chi connectivity index (χ1) is 19.1. The van der Waals surface area contributed by atoms with Gasteiger partial charge in [-0.1, -0.05) is 55.8 Å². The van der Waals surface area contributed by atoms with Gasteiger partial charge in [0, 0.05) is 17.6 Å². The summed E-state index contributed by atoms with van der Waals surface area (Å²) in [6.45, 7) is 5.27. The molecule has 0 spiro atoms. The Morgan fingerprint density at radius 3 is 2.23 bits per heavy atom. The van der Waals surface area contributed by atoms with Crippen molar-refractivity contribution in [2.75, 3.05) is 18.0 Å².